The van der Waals surface area contributed by atoms with Crippen molar-refractivity contribution in [2.45, 2.75) is 32.9 Å². The second-order valence-corrected chi connectivity index (χ2v) is 6.00. The molecular formula is C19H21FN2O2. The van der Waals surface area contributed by atoms with Gasteiger partial charge in [0, 0.05) is 12.1 Å². The number of unbranched alkanes of at least 4 members (excludes halogenated alkanes) is 1. The minimum Gasteiger partial charge on any atom is -0.468 e. The van der Waals surface area contributed by atoms with E-state index in [1.807, 2.05) is 18.2 Å². The van der Waals surface area contributed by atoms with Crippen LogP contribution >= 0.6 is 0 Å². The first kappa shape index (κ1) is 16.5. The van der Waals surface area contributed by atoms with Gasteiger partial charge in [-0.3, -0.25) is 9.69 Å². The Hall–Kier alpha value is -2.40. The minimum absolute atomic E-state index is 0.172. The number of rotatable bonds is 7. The lowest BCUT2D eigenvalue weighted by Gasteiger charge is -2.20. The van der Waals surface area contributed by atoms with E-state index in [4.69, 9.17) is 4.42 Å². The van der Waals surface area contributed by atoms with Gasteiger partial charge in [0.2, 0.25) is 0 Å². The number of aromatic nitrogens is 1. The number of nitrogens with zero attached hydrogens (tertiary/aromatic N) is 1. The van der Waals surface area contributed by atoms with Gasteiger partial charge >= 0.3 is 0 Å². The summed E-state index contributed by atoms with van der Waals surface area (Å²) in [4.78, 5) is 17.3. The van der Waals surface area contributed by atoms with Crippen LogP contribution in [-0.4, -0.2) is 16.4 Å². The number of furan rings is 1. The molecule has 0 aliphatic heterocycles. The number of hydrogen-bond donors (Lipinski definition) is 1. The van der Waals surface area contributed by atoms with Crippen molar-refractivity contribution in [3.63, 3.8) is 0 Å². The number of benzene rings is 1. The van der Waals surface area contributed by atoms with Crippen LogP contribution in [0.1, 0.15) is 31.1 Å². The molecule has 0 saturated carbocycles. The molecule has 0 radical (unpaired) electrons. The summed E-state index contributed by atoms with van der Waals surface area (Å²) in [7, 11) is 0. The molecule has 2 aromatic heterocycles. The summed E-state index contributed by atoms with van der Waals surface area (Å²) < 4.78 is 18.7. The average molecular weight is 328 g/mol. The SMILES string of the molecule is CCCCN(Cc1ccco1)Cc1cc2ccc(F)cc2[nH]c1=O. The molecule has 0 aliphatic rings. The summed E-state index contributed by atoms with van der Waals surface area (Å²) in [5.74, 6) is 0.527. The van der Waals surface area contributed by atoms with E-state index >= 15 is 0 Å². The first-order valence-corrected chi connectivity index (χ1v) is 8.22. The van der Waals surface area contributed by atoms with Gasteiger partial charge in [-0.05, 0) is 54.8 Å². The van der Waals surface area contributed by atoms with Crippen molar-refractivity contribution in [3.8, 4) is 0 Å². The summed E-state index contributed by atoms with van der Waals surface area (Å²) >= 11 is 0. The number of aromatic amines is 1. The van der Waals surface area contributed by atoms with Crippen LogP contribution in [-0.2, 0) is 13.1 Å². The maximum Gasteiger partial charge on any atom is 0.252 e. The molecule has 126 valence electrons. The Morgan fingerprint density at radius 1 is 1.21 bits per heavy atom. The van der Waals surface area contributed by atoms with Crippen molar-refractivity contribution in [3.05, 3.63) is 70.2 Å². The highest BCUT2D eigenvalue weighted by Gasteiger charge is 2.12. The minimum atomic E-state index is -0.353. The topological polar surface area (TPSA) is 49.2 Å². The maximum atomic E-state index is 13.3. The van der Waals surface area contributed by atoms with Crippen LogP contribution in [0.15, 0.2) is 51.9 Å². The first-order chi connectivity index (χ1) is 11.7. The predicted molar refractivity (Wildman–Crippen MR) is 92.3 cm³/mol. The molecule has 0 amide bonds. The standard InChI is InChI=1S/C19H21FN2O2/c1-2-3-8-22(13-17-5-4-9-24-17)12-15-10-14-6-7-16(20)11-18(14)21-19(15)23/h4-7,9-11H,2-3,8,12-13H2,1H3,(H,21,23). The van der Waals surface area contributed by atoms with E-state index in [0.717, 1.165) is 30.5 Å². The molecule has 0 aliphatic carbocycles. The molecule has 1 N–H and O–H groups in total. The number of nitrogens with one attached hydrogen (secondary N) is 1. The van der Waals surface area contributed by atoms with Crippen molar-refractivity contribution in [1.82, 2.24) is 9.88 Å². The van der Waals surface area contributed by atoms with Crippen LogP contribution in [0.5, 0.6) is 0 Å². The average Bonchev–Trinajstić information content (AvgIpc) is 3.06. The number of pyridine rings is 1. The zero-order chi connectivity index (χ0) is 16.9. The predicted octanol–water partition coefficient (Wildman–Crippen LogP) is 4.06. The molecular weight excluding hydrogens is 307 g/mol. The van der Waals surface area contributed by atoms with Crippen LogP contribution in [0.2, 0.25) is 0 Å². The molecule has 1 aromatic carbocycles. The number of hydrogen-bond acceptors (Lipinski definition) is 3. The second kappa shape index (κ2) is 7.45. The molecule has 4 nitrogen and oxygen atoms in total. The van der Waals surface area contributed by atoms with Crippen molar-refractivity contribution < 1.29 is 8.81 Å². The molecule has 0 fully saturated rings. The number of H-pyrrole nitrogens is 1. The van der Waals surface area contributed by atoms with Gasteiger partial charge in [0.15, 0.2) is 0 Å². The van der Waals surface area contributed by atoms with Crippen molar-refractivity contribution in [1.29, 1.82) is 0 Å². The van der Waals surface area contributed by atoms with Gasteiger partial charge in [0.05, 0.1) is 18.3 Å². The van der Waals surface area contributed by atoms with Crippen LogP contribution in [0.3, 0.4) is 0 Å². The third kappa shape index (κ3) is 3.92. The Bertz CT molecular complexity index is 855. The van der Waals surface area contributed by atoms with Crippen LogP contribution in [0.4, 0.5) is 4.39 Å². The van der Waals surface area contributed by atoms with Crippen molar-refractivity contribution in [2.75, 3.05) is 6.54 Å². The molecule has 0 spiro atoms. The van der Waals surface area contributed by atoms with Crippen molar-refractivity contribution in [2.24, 2.45) is 0 Å². The lowest BCUT2D eigenvalue weighted by molar-refractivity contribution is 0.231. The highest BCUT2D eigenvalue weighted by atomic mass is 19.1. The van der Waals surface area contributed by atoms with Gasteiger partial charge in [0.1, 0.15) is 11.6 Å². The highest BCUT2D eigenvalue weighted by molar-refractivity contribution is 5.78. The summed E-state index contributed by atoms with van der Waals surface area (Å²) in [5.41, 5.74) is 1.03. The molecule has 0 saturated heterocycles. The zero-order valence-electron chi connectivity index (χ0n) is 13.7. The normalized spacial score (nSPS) is 11.5. The van der Waals surface area contributed by atoms with Gasteiger partial charge in [0.25, 0.3) is 5.56 Å². The molecule has 5 heteroatoms. The molecule has 3 rings (SSSR count). The maximum absolute atomic E-state index is 13.3. The summed E-state index contributed by atoms with van der Waals surface area (Å²) in [6.45, 7) is 4.22. The summed E-state index contributed by atoms with van der Waals surface area (Å²) in [6, 6.07) is 10.1. The fraction of sp³-hybridized carbons (Fsp3) is 0.316. The highest BCUT2D eigenvalue weighted by Crippen LogP contribution is 2.15. The monoisotopic (exact) mass is 328 g/mol. The van der Waals surface area contributed by atoms with E-state index in [2.05, 4.69) is 16.8 Å². The number of fused-ring (bicyclic) bond motifs is 1. The van der Waals surface area contributed by atoms with Gasteiger partial charge in [-0.2, -0.15) is 0 Å². The van der Waals surface area contributed by atoms with Crippen LogP contribution in [0.25, 0.3) is 10.9 Å². The summed E-state index contributed by atoms with van der Waals surface area (Å²) in [6.07, 6.45) is 3.80. The van der Waals surface area contributed by atoms with E-state index in [-0.39, 0.29) is 11.4 Å². The smallest absolute Gasteiger partial charge is 0.252 e. The van der Waals surface area contributed by atoms with E-state index in [0.29, 0.717) is 24.2 Å². The molecule has 0 atom stereocenters. The van der Waals surface area contributed by atoms with Crippen LogP contribution < -0.4 is 5.56 Å². The molecule has 2 heterocycles. The van der Waals surface area contributed by atoms with Gasteiger partial charge in [-0.1, -0.05) is 13.3 Å². The third-order valence-corrected chi connectivity index (χ3v) is 4.07. The third-order valence-electron chi connectivity index (χ3n) is 4.07. The van der Waals surface area contributed by atoms with Gasteiger partial charge in [-0.15, -0.1) is 0 Å². The van der Waals surface area contributed by atoms with Crippen molar-refractivity contribution >= 4 is 10.9 Å². The first-order valence-electron chi connectivity index (χ1n) is 8.22. The second-order valence-electron chi connectivity index (χ2n) is 6.00. The zero-order valence-corrected chi connectivity index (χ0v) is 13.7. The van der Waals surface area contributed by atoms with E-state index in [9.17, 15) is 9.18 Å². The van der Waals surface area contributed by atoms with E-state index in [1.54, 1.807) is 12.3 Å². The Balaban J connectivity index is 1.85. The Labute approximate surface area is 139 Å². The largest absolute Gasteiger partial charge is 0.468 e. The van der Waals surface area contributed by atoms with Gasteiger partial charge < -0.3 is 9.40 Å². The fourth-order valence-electron chi connectivity index (χ4n) is 2.80. The van der Waals surface area contributed by atoms with E-state index in [1.165, 1.54) is 12.1 Å². The Kier molecular flexibility index (Phi) is 5.11. The van der Waals surface area contributed by atoms with E-state index < -0.39 is 0 Å². The number of halogens is 1. The van der Waals surface area contributed by atoms with Gasteiger partial charge in [-0.25, -0.2) is 4.39 Å². The molecule has 0 bridgehead atoms. The fourth-order valence-corrected chi connectivity index (χ4v) is 2.80. The quantitative estimate of drug-likeness (QED) is 0.711. The Morgan fingerprint density at radius 2 is 2.08 bits per heavy atom. The summed E-state index contributed by atoms with van der Waals surface area (Å²) in [5, 5.41) is 0.833. The molecule has 0 unspecified atom stereocenters. The lowest BCUT2D eigenvalue weighted by atomic mass is 10.1. The lowest BCUT2D eigenvalue weighted by Crippen LogP contribution is -2.27. The molecule has 3 aromatic rings. The van der Waals surface area contributed by atoms with Crippen LogP contribution in [0, 0.1) is 5.82 Å². The molecule has 24 heavy (non-hydrogen) atoms. The Morgan fingerprint density at radius 3 is 2.83 bits per heavy atom.